The topological polar surface area (TPSA) is 115 Å². The van der Waals surface area contributed by atoms with Crippen LogP contribution >= 0.6 is 0 Å². The van der Waals surface area contributed by atoms with Gasteiger partial charge in [-0.15, -0.1) is 6.42 Å². The smallest absolute Gasteiger partial charge is 0.0561 e. The first-order valence-corrected chi connectivity index (χ1v) is 11.9. The van der Waals surface area contributed by atoms with Gasteiger partial charge >= 0.3 is 0 Å². The highest BCUT2D eigenvalue weighted by molar-refractivity contribution is 5.34. The van der Waals surface area contributed by atoms with Crippen molar-refractivity contribution in [3.8, 4) is 12.3 Å². The first kappa shape index (κ1) is 25.1. The number of benzene rings is 1. The summed E-state index contributed by atoms with van der Waals surface area (Å²) in [6.45, 7) is 11.1. The van der Waals surface area contributed by atoms with E-state index in [0.29, 0.717) is 6.54 Å². The van der Waals surface area contributed by atoms with Gasteiger partial charge in [0.2, 0.25) is 0 Å². The molecule has 2 fully saturated rings. The van der Waals surface area contributed by atoms with Gasteiger partial charge in [-0.2, -0.15) is 0 Å². The Balaban J connectivity index is 1.71. The van der Waals surface area contributed by atoms with Crippen LogP contribution < -0.4 is 38.1 Å². The van der Waals surface area contributed by atoms with Crippen molar-refractivity contribution in [3.63, 3.8) is 0 Å². The minimum atomic E-state index is -0.405. The number of hydrogen-bond donors (Lipinski definition) is 7. The van der Waals surface area contributed by atoms with E-state index in [4.69, 9.17) is 17.9 Å². The van der Waals surface area contributed by atoms with Crippen LogP contribution in [0.4, 0.5) is 0 Å². The Morgan fingerprint density at radius 1 is 0.938 bits per heavy atom. The highest BCUT2D eigenvalue weighted by atomic mass is 15.2. The minimum absolute atomic E-state index is 0.0983. The summed E-state index contributed by atoms with van der Waals surface area (Å²) >= 11 is 0. The summed E-state index contributed by atoms with van der Waals surface area (Å²) in [5, 5.41) is 18.4. The maximum absolute atomic E-state index is 6.64. The zero-order chi connectivity index (χ0) is 22.7. The zero-order valence-electron chi connectivity index (χ0n) is 19.4. The van der Waals surface area contributed by atoms with Crippen LogP contribution in [0.15, 0.2) is 24.3 Å². The van der Waals surface area contributed by atoms with Crippen LogP contribution in [0.2, 0.25) is 0 Å². The van der Waals surface area contributed by atoms with Gasteiger partial charge in [0.05, 0.1) is 11.1 Å². The molecule has 3 atom stereocenters. The molecular weight excluding hydrogens is 400 g/mol. The molecule has 0 radical (unpaired) electrons. The van der Waals surface area contributed by atoms with E-state index in [1.807, 2.05) is 12.1 Å². The lowest BCUT2D eigenvalue weighted by atomic mass is 9.97. The predicted octanol–water partition coefficient (Wildman–Crippen LogP) is -1.77. The molecule has 0 spiro atoms. The average molecular weight is 443 g/mol. The van der Waals surface area contributed by atoms with Crippen LogP contribution in [-0.2, 0) is 6.54 Å². The quantitative estimate of drug-likeness (QED) is 0.274. The monoisotopic (exact) mass is 442 g/mol. The van der Waals surface area contributed by atoms with Crippen molar-refractivity contribution in [2.24, 2.45) is 11.5 Å². The second-order valence-electron chi connectivity index (χ2n) is 9.38. The van der Waals surface area contributed by atoms with Crippen molar-refractivity contribution in [3.05, 3.63) is 35.4 Å². The lowest BCUT2D eigenvalue weighted by Gasteiger charge is -2.37. The predicted molar refractivity (Wildman–Crippen MR) is 132 cm³/mol. The number of nitrogens with two attached hydrogens (primary N) is 2. The summed E-state index contributed by atoms with van der Waals surface area (Å²) in [5.74, 6) is 2.69. The highest BCUT2D eigenvalue weighted by Gasteiger charge is 2.31. The molecule has 3 rings (SSSR count). The fourth-order valence-electron chi connectivity index (χ4n) is 4.45. The second-order valence-corrected chi connectivity index (χ2v) is 9.38. The number of rotatable bonds is 4. The normalized spacial score (nSPS) is 31.0. The van der Waals surface area contributed by atoms with Gasteiger partial charge < -0.3 is 43.0 Å². The lowest BCUT2D eigenvalue weighted by molar-refractivity contribution is 0.203. The van der Waals surface area contributed by atoms with Gasteiger partial charge in [-0.05, 0) is 37.2 Å². The van der Waals surface area contributed by atoms with Gasteiger partial charge in [-0.1, -0.05) is 18.1 Å². The Morgan fingerprint density at radius 2 is 1.59 bits per heavy atom. The molecule has 32 heavy (non-hydrogen) atoms. The molecule has 8 nitrogen and oxygen atoms in total. The molecule has 2 aliphatic heterocycles. The van der Waals surface area contributed by atoms with E-state index in [-0.39, 0.29) is 5.54 Å². The molecule has 178 valence electrons. The van der Waals surface area contributed by atoms with E-state index in [0.717, 1.165) is 90.5 Å². The molecule has 0 saturated carbocycles. The number of hydrogen-bond acceptors (Lipinski definition) is 8. The molecule has 1 aromatic rings. The van der Waals surface area contributed by atoms with Crippen LogP contribution in [0, 0.1) is 12.3 Å². The van der Waals surface area contributed by atoms with Gasteiger partial charge in [0.15, 0.2) is 0 Å². The van der Waals surface area contributed by atoms with Gasteiger partial charge in [0.25, 0.3) is 0 Å². The lowest BCUT2D eigenvalue weighted by Crippen LogP contribution is -2.64. The third-order valence-corrected chi connectivity index (χ3v) is 6.51. The Hall–Kier alpha value is -1.54. The van der Waals surface area contributed by atoms with Crippen LogP contribution in [0.5, 0.6) is 0 Å². The van der Waals surface area contributed by atoms with Crippen LogP contribution in [0.3, 0.4) is 0 Å². The first-order chi connectivity index (χ1) is 15.6. The third kappa shape index (κ3) is 7.80. The SMILES string of the molecule is C#Cc1ccc(CNC23CNCCCN(CCNC2)CC(N)(CN)CNCCNC3)cc1. The maximum Gasteiger partial charge on any atom is 0.0561 e. The number of nitrogens with one attached hydrogen (secondary N) is 5. The number of terminal acetylenes is 1. The van der Waals surface area contributed by atoms with E-state index in [1.165, 1.54) is 5.56 Å². The fourth-order valence-corrected chi connectivity index (χ4v) is 4.45. The van der Waals surface area contributed by atoms with Crippen LogP contribution in [0.25, 0.3) is 0 Å². The summed E-state index contributed by atoms with van der Waals surface area (Å²) < 4.78 is 0. The van der Waals surface area contributed by atoms with E-state index in [1.54, 1.807) is 0 Å². The zero-order valence-corrected chi connectivity index (χ0v) is 19.4. The highest BCUT2D eigenvalue weighted by Crippen LogP contribution is 2.09. The largest absolute Gasteiger partial charge is 0.329 e. The molecule has 3 unspecified atom stereocenters. The van der Waals surface area contributed by atoms with E-state index in [2.05, 4.69) is 49.5 Å². The molecular formula is C24H42N8. The molecule has 2 saturated heterocycles. The molecule has 2 aliphatic rings. The molecule has 0 aromatic heterocycles. The maximum atomic E-state index is 6.64. The van der Waals surface area contributed by atoms with Crippen molar-refractivity contribution in [1.82, 2.24) is 31.5 Å². The Kier molecular flexibility index (Phi) is 9.91. The second kappa shape index (κ2) is 12.6. The van der Waals surface area contributed by atoms with E-state index < -0.39 is 5.54 Å². The fraction of sp³-hybridized carbons (Fsp3) is 0.667. The van der Waals surface area contributed by atoms with E-state index in [9.17, 15) is 0 Å². The Labute approximate surface area is 193 Å². The number of nitrogens with zero attached hydrogens (tertiary/aromatic N) is 1. The molecule has 0 aliphatic carbocycles. The summed E-state index contributed by atoms with van der Waals surface area (Å²) in [4.78, 5) is 2.46. The standard InChI is InChI=1S/C24H42N8/c1-2-21-4-6-22(7-5-21)14-31-24-17-27-8-3-12-32(13-11-30-19-24)20-23(26,15-25)16-28-9-10-29-18-24/h1,4-7,27-31H,3,8-20,25-26H2. The minimum Gasteiger partial charge on any atom is -0.329 e. The summed E-state index contributed by atoms with van der Waals surface area (Å²) in [5.41, 5.74) is 14.3. The summed E-state index contributed by atoms with van der Waals surface area (Å²) in [7, 11) is 0. The average Bonchev–Trinajstić information content (AvgIpc) is 2.86. The van der Waals surface area contributed by atoms with Gasteiger partial charge in [-0.3, -0.25) is 0 Å². The third-order valence-electron chi connectivity index (χ3n) is 6.51. The molecule has 2 heterocycles. The molecule has 1 aromatic carbocycles. The van der Waals surface area contributed by atoms with Crippen molar-refractivity contribution in [2.45, 2.75) is 24.0 Å². The molecule has 9 N–H and O–H groups in total. The Morgan fingerprint density at radius 3 is 2.28 bits per heavy atom. The number of fused-ring (bicyclic) bond motifs is 5. The molecule has 2 bridgehead atoms. The summed E-state index contributed by atoms with van der Waals surface area (Å²) in [6.07, 6.45) is 6.59. The first-order valence-electron chi connectivity index (χ1n) is 11.9. The summed E-state index contributed by atoms with van der Waals surface area (Å²) in [6, 6.07) is 8.24. The van der Waals surface area contributed by atoms with Crippen LogP contribution in [-0.4, -0.2) is 94.5 Å². The van der Waals surface area contributed by atoms with Gasteiger partial charge in [0.1, 0.15) is 0 Å². The van der Waals surface area contributed by atoms with Gasteiger partial charge in [-0.25, -0.2) is 0 Å². The van der Waals surface area contributed by atoms with E-state index >= 15 is 0 Å². The Bertz CT molecular complexity index is 718. The van der Waals surface area contributed by atoms with Crippen molar-refractivity contribution in [2.75, 3.05) is 78.5 Å². The van der Waals surface area contributed by atoms with Crippen molar-refractivity contribution in [1.29, 1.82) is 0 Å². The molecule has 0 amide bonds. The van der Waals surface area contributed by atoms with Gasteiger partial charge in [0, 0.05) is 77.6 Å². The van der Waals surface area contributed by atoms with Crippen molar-refractivity contribution < 1.29 is 0 Å². The van der Waals surface area contributed by atoms with Crippen molar-refractivity contribution >= 4 is 0 Å². The molecule has 8 heteroatoms. The van der Waals surface area contributed by atoms with Crippen LogP contribution in [0.1, 0.15) is 17.5 Å².